The lowest BCUT2D eigenvalue weighted by molar-refractivity contribution is 0.627. The predicted octanol–water partition coefficient (Wildman–Crippen LogP) is 3.72. The van der Waals surface area contributed by atoms with Crippen LogP contribution in [-0.2, 0) is 10.8 Å². The molecule has 3 rings (SSSR count). The van der Waals surface area contributed by atoms with Crippen LogP contribution in [0.4, 0.5) is 4.39 Å². The molecule has 0 aliphatic rings. The highest BCUT2D eigenvalue weighted by molar-refractivity contribution is 7.84. The third kappa shape index (κ3) is 2.85. The molecule has 0 fully saturated rings. The molecule has 0 radical (unpaired) electrons. The van der Waals surface area contributed by atoms with E-state index in [0.717, 1.165) is 27.5 Å². The molecule has 3 aromatic rings. The molecule has 22 heavy (non-hydrogen) atoms. The van der Waals surface area contributed by atoms with Gasteiger partial charge in [0, 0.05) is 27.5 Å². The smallest absolute Gasteiger partial charge is 0.123 e. The first kappa shape index (κ1) is 14.7. The van der Waals surface area contributed by atoms with Gasteiger partial charge in [-0.1, -0.05) is 12.1 Å². The van der Waals surface area contributed by atoms with E-state index in [4.69, 9.17) is 0 Å². The minimum atomic E-state index is -0.996. The van der Waals surface area contributed by atoms with Crippen molar-refractivity contribution in [2.75, 3.05) is 6.26 Å². The van der Waals surface area contributed by atoms with Gasteiger partial charge in [-0.2, -0.15) is 5.10 Å². The molecule has 112 valence electrons. The van der Waals surface area contributed by atoms with Gasteiger partial charge >= 0.3 is 0 Å². The van der Waals surface area contributed by atoms with E-state index < -0.39 is 10.8 Å². The zero-order valence-corrected chi connectivity index (χ0v) is 13.1. The molecule has 5 heteroatoms. The fraction of sp³-hybridized carbons (Fsp3) is 0.118. The summed E-state index contributed by atoms with van der Waals surface area (Å²) in [4.78, 5) is 0.785. The highest BCUT2D eigenvalue weighted by Gasteiger charge is 2.10. The van der Waals surface area contributed by atoms with Crippen molar-refractivity contribution >= 4 is 10.8 Å². The van der Waals surface area contributed by atoms with Crippen LogP contribution in [0.2, 0.25) is 0 Å². The van der Waals surface area contributed by atoms with E-state index in [-0.39, 0.29) is 5.82 Å². The summed E-state index contributed by atoms with van der Waals surface area (Å²) in [6.45, 7) is 1.92. The van der Waals surface area contributed by atoms with Gasteiger partial charge in [-0.15, -0.1) is 0 Å². The monoisotopic (exact) mass is 314 g/mol. The molecule has 0 aliphatic heterocycles. The number of rotatable bonds is 3. The minimum Gasteiger partial charge on any atom is -0.255 e. The lowest BCUT2D eigenvalue weighted by atomic mass is 10.1. The van der Waals surface area contributed by atoms with Crippen molar-refractivity contribution in [3.05, 3.63) is 66.1 Å². The Hall–Kier alpha value is -2.27. The average Bonchev–Trinajstić information content (AvgIpc) is 2.90. The summed E-state index contributed by atoms with van der Waals surface area (Å²) in [6, 6.07) is 15.7. The van der Waals surface area contributed by atoms with Crippen LogP contribution in [0.5, 0.6) is 0 Å². The van der Waals surface area contributed by atoms with E-state index in [2.05, 4.69) is 5.10 Å². The molecule has 1 atom stereocenters. The van der Waals surface area contributed by atoms with Crippen molar-refractivity contribution < 1.29 is 8.60 Å². The predicted molar refractivity (Wildman–Crippen MR) is 86.0 cm³/mol. The maximum absolute atomic E-state index is 13.1. The first-order valence-electron chi connectivity index (χ1n) is 6.81. The minimum absolute atomic E-state index is 0.274. The van der Waals surface area contributed by atoms with Gasteiger partial charge in [0.2, 0.25) is 0 Å². The van der Waals surface area contributed by atoms with Crippen LogP contribution in [0.15, 0.2) is 59.5 Å². The van der Waals surface area contributed by atoms with E-state index in [9.17, 15) is 8.60 Å². The fourth-order valence-electron chi connectivity index (χ4n) is 2.30. The number of aryl methyl sites for hydroxylation is 1. The zero-order chi connectivity index (χ0) is 15.7. The van der Waals surface area contributed by atoms with Crippen LogP contribution >= 0.6 is 0 Å². The summed E-state index contributed by atoms with van der Waals surface area (Å²) >= 11 is 0. The van der Waals surface area contributed by atoms with Gasteiger partial charge < -0.3 is 0 Å². The molecule has 1 unspecified atom stereocenters. The number of aromatic nitrogens is 2. The molecule has 0 saturated carbocycles. The first-order valence-corrected chi connectivity index (χ1v) is 8.37. The van der Waals surface area contributed by atoms with Gasteiger partial charge in [0.25, 0.3) is 0 Å². The Morgan fingerprint density at radius 3 is 2.27 bits per heavy atom. The van der Waals surface area contributed by atoms with Crippen molar-refractivity contribution in [2.45, 2.75) is 11.8 Å². The SMILES string of the molecule is Cc1cc(-c2ccc(S(C)=O)cc2)n(-c2ccc(F)cc2)n1. The van der Waals surface area contributed by atoms with E-state index in [1.807, 2.05) is 37.3 Å². The van der Waals surface area contributed by atoms with E-state index in [1.54, 1.807) is 23.1 Å². The third-order valence-corrected chi connectivity index (χ3v) is 4.32. The largest absolute Gasteiger partial charge is 0.255 e. The lowest BCUT2D eigenvalue weighted by Crippen LogP contribution is -1.99. The molecule has 2 aromatic carbocycles. The maximum atomic E-state index is 13.1. The van der Waals surface area contributed by atoms with Gasteiger partial charge in [-0.25, -0.2) is 9.07 Å². The highest BCUT2D eigenvalue weighted by Crippen LogP contribution is 2.25. The first-order chi connectivity index (χ1) is 10.5. The second-order valence-electron chi connectivity index (χ2n) is 5.04. The second-order valence-corrected chi connectivity index (χ2v) is 6.42. The molecule has 1 heterocycles. The summed E-state index contributed by atoms with van der Waals surface area (Å²) in [5.74, 6) is -0.274. The Morgan fingerprint density at radius 2 is 1.68 bits per heavy atom. The van der Waals surface area contributed by atoms with Crippen molar-refractivity contribution in [1.29, 1.82) is 0 Å². The van der Waals surface area contributed by atoms with Crippen LogP contribution in [0.25, 0.3) is 16.9 Å². The maximum Gasteiger partial charge on any atom is 0.123 e. The van der Waals surface area contributed by atoms with E-state index in [0.29, 0.717) is 0 Å². The highest BCUT2D eigenvalue weighted by atomic mass is 32.2. The van der Waals surface area contributed by atoms with E-state index in [1.165, 1.54) is 12.1 Å². The molecular weight excluding hydrogens is 299 g/mol. The molecule has 0 aliphatic carbocycles. The number of benzene rings is 2. The molecule has 0 N–H and O–H groups in total. The number of hydrogen-bond acceptors (Lipinski definition) is 2. The third-order valence-electron chi connectivity index (χ3n) is 3.38. The van der Waals surface area contributed by atoms with Crippen molar-refractivity contribution in [2.24, 2.45) is 0 Å². The van der Waals surface area contributed by atoms with Crippen LogP contribution in [0.3, 0.4) is 0 Å². The average molecular weight is 314 g/mol. The standard InChI is InChI=1S/C17H15FN2OS/c1-12-11-17(13-3-9-16(10-4-13)22(2)21)20(19-12)15-7-5-14(18)6-8-15/h3-11H,1-2H3. The van der Waals surface area contributed by atoms with Crippen molar-refractivity contribution in [3.63, 3.8) is 0 Å². The van der Waals surface area contributed by atoms with Gasteiger partial charge in [-0.05, 0) is 49.4 Å². The van der Waals surface area contributed by atoms with Gasteiger partial charge in [0.05, 0.1) is 17.1 Å². The summed E-state index contributed by atoms with van der Waals surface area (Å²) in [5.41, 5.74) is 3.56. The molecule has 0 spiro atoms. The van der Waals surface area contributed by atoms with Gasteiger partial charge in [0.15, 0.2) is 0 Å². The van der Waals surface area contributed by atoms with Crippen LogP contribution < -0.4 is 0 Å². The summed E-state index contributed by atoms with van der Waals surface area (Å²) in [5, 5.41) is 4.48. The topological polar surface area (TPSA) is 34.9 Å². The fourth-order valence-corrected chi connectivity index (χ4v) is 2.82. The summed E-state index contributed by atoms with van der Waals surface area (Å²) < 4.78 is 26.4. The molecular formula is C17H15FN2OS. The normalized spacial score (nSPS) is 12.3. The molecule has 0 amide bonds. The Kier molecular flexibility index (Phi) is 3.90. The Bertz CT molecular complexity index is 823. The Morgan fingerprint density at radius 1 is 1.05 bits per heavy atom. The van der Waals surface area contributed by atoms with Gasteiger partial charge in [0.1, 0.15) is 5.82 Å². The lowest BCUT2D eigenvalue weighted by Gasteiger charge is -2.08. The molecule has 0 saturated heterocycles. The summed E-state index contributed by atoms with van der Waals surface area (Å²) in [6.07, 6.45) is 1.65. The number of halogens is 1. The number of nitrogens with zero attached hydrogens (tertiary/aromatic N) is 2. The van der Waals surface area contributed by atoms with Crippen LogP contribution in [-0.4, -0.2) is 20.2 Å². The van der Waals surface area contributed by atoms with Gasteiger partial charge in [-0.3, -0.25) is 4.21 Å². The quantitative estimate of drug-likeness (QED) is 0.738. The molecule has 3 nitrogen and oxygen atoms in total. The number of hydrogen-bond donors (Lipinski definition) is 0. The molecule has 1 aromatic heterocycles. The van der Waals surface area contributed by atoms with Crippen molar-refractivity contribution in [3.8, 4) is 16.9 Å². The zero-order valence-electron chi connectivity index (χ0n) is 12.3. The van der Waals surface area contributed by atoms with E-state index >= 15 is 0 Å². The Labute approximate surface area is 130 Å². The Balaban J connectivity index is 2.07. The van der Waals surface area contributed by atoms with Crippen LogP contribution in [0.1, 0.15) is 5.69 Å². The summed E-state index contributed by atoms with van der Waals surface area (Å²) in [7, 11) is -0.996. The van der Waals surface area contributed by atoms with Crippen molar-refractivity contribution in [1.82, 2.24) is 9.78 Å². The molecule has 0 bridgehead atoms. The second kappa shape index (κ2) is 5.85. The van der Waals surface area contributed by atoms with Crippen LogP contribution in [0, 0.1) is 12.7 Å².